The maximum Gasteiger partial charge on any atom is 0.0952 e. The van der Waals surface area contributed by atoms with Crippen molar-refractivity contribution in [3.05, 3.63) is 0 Å². The van der Waals surface area contributed by atoms with Crippen molar-refractivity contribution in [1.82, 2.24) is 5.32 Å². The van der Waals surface area contributed by atoms with Gasteiger partial charge in [-0.05, 0) is 19.8 Å². The second-order valence-electron chi connectivity index (χ2n) is 3.65. The van der Waals surface area contributed by atoms with Crippen molar-refractivity contribution in [3.8, 4) is 6.07 Å². The smallest absolute Gasteiger partial charge is 0.0952 e. The van der Waals surface area contributed by atoms with Crippen molar-refractivity contribution in [2.24, 2.45) is 0 Å². The average Bonchev–Trinajstić information content (AvgIpc) is 2.14. The third-order valence-corrected chi connectivity index (χ3v) is 2.29. The van der Waals surface area contributed by atoms with Gasteiger partial charge in [-0.2, -0.15) is 5.26 Å². The Labute approximate surface area is 82.3 Å². The van der Waals surface area contributed by atoms with Gasteiger partial charge in [0.1, 0.15) is 0 Å². The Hall–Kier alpha value is -0.550. The summed E-state index contributed by atoms with van der Waals surface area (Å²) in [5.74, 6) is 0. The van der Waals surface area contributed by atoms with Crippen LogP contribution < -0.4 is 5.32 Å². The standard InChI is InChI=1S/C11H22N2/c1-4-6-7-8-10(3)13-11(5-2)9-12/h10-11,13H,4-8H2,1-3H3. The van der Waals surface area contributed by atoms with Crippen LogP contribution in [-0.2, 0) is 0 Å². The summed E-state index contributed by atoms with van der Waals surface area (Å²) < 4.78 is 0. The molecule has 1 N–H and O–H groups in total. The lowest BCUT2D eigenvalue weighted by Gasteiger charge is -2.16. The van der Waals surface area contributed by atoms with E-state index < -0.39 is 0 Å². The lowest BCUT2D eigenvalue weighted by Crippen LogP contribution is -2.34. The second-order valence-corrected chi connectivity index (χ2v) is 3.65. The van der Waals surface area contributed by atoms with E-state index in [9.17, 15) is 0 Å². The monoisotopic (exact) mass is 182 g/mol. The molecule has 0 saturated carbocycles. The average molecular weight is 182 g/mol. The molecule has 2 unspecified atom stereocenters. The molecule has 0 spiro atoms. The van der Waals surface area contributed by atoms with Gasteiger partial charge in [-0.15, -0.1) is 0 Å². The van der Waals surface area contributed by atoms with Crippen molar-refractivity contribution in [2.45, 2.75) is 65.0 Å². The molecule has 0 aromatic rings. The zero-order valence-electron chi connectivity index (χ0n) is 9.14. The van der Waals surface area contributed by atoms with Gasteiger partial charge in [-0.25, -0.2) is 0 Å². The number of nitrogens with zero attached hydrogens (tertiary/aromatic N) is 1. The van der Waals surface area contributed by atoms with Gasteiger partial charge < -0.3 is 0 Å². The molecule has 2 nitrogen and oxygen atoms in total. The topological polar surface area (TPSA) is 35.8 Å². The Kier molecular flexibility index (Phi) is 7.73. The molecule has 2 heteroatoms. The number of hydrogen-bond donors (Lipinski definition) is 1. The van der Waals surface area contributed by atoms with Gasteiger partial charge in [0.05, 0.1) is 12.1 Å². The number of nitrogens with one attached hydrogen (secondary N) is 1. The van der Waals surface area contributed by atoms with Crippen LogP contribution in [0.15, 0.2) is 0 Å². The minimum Gasteiger partial charge on any atom is -0.299 e. The summed E-state index contributed by atoms with van der Waals surface area (Å²) in [7, 11) is 0. The maximum absolute atomic E-state index is 8.73. The second kappa shape index (κ2) is 8.07. The first kappa shape index (κ1) is 12.4. The number of hydrogen-bond acceptors (Lipinski definition) is 2. The Bertz CT molecular complexity index is 149. The lowest BCUT2D eigenvalue weighted by atomic mass is 10.1. The van der Waals surface area contributed by atoms with E-state index in [0.717, 1.165) is 6.42 Å². The molecule has 0 fully saturated rings. The van der Waals surface area contributed by atoms with Crippen LogP contribution in [0.2, 0.25) is 0 Å². The van der Waals surface area contributed by atoms with Crippen molar-refractivity contribution in [3.63, 3.8) is 0 Å². The SMILES string of the molecule is CCCCCC(C)NC(C#N)CC. The predicted octanol–water partition coefficient (Wildman–Crippen LogP) is 2.85. The molecule has 0 aliphatic heterocycles. The van der Waals surface area contributed by atoms with E-state index in [2.05, 4.69) is 25.2 Å². The van der Waals surface area contributed by atoms with Crippen LogP contribution in [0.1, 0.15) is 52.9 Å². The Morgan fingerprint density at radius 1 is 1.31 bits per heavy atom. The summed E-state index contributed by atoms with van der Waals surface area (Å²) in [6.45, 7) is 6.41. The Morgan fingerprint density at radius 3 is 2.46 bits per heavy atom. The van der Waals surface area contributed by atoms with E-state index in [4.69, 9.17) is 5.26 Å². The fourth-order valence-corrected chi connectivity index (χ4v) is 1.37. The van der Waals surface area contributed by atoms with Gasteiger partial charge in [0, 0.05) is 6.04 Å². The number of rotatable bonds is 7. The normalized spacial score (nSPS) is 14.9. The Balaban J connectivity index is 3.49. The summed E-state index contributed by atoms with van der Waals surface area (Å²) in [5, 5.41) is 12.0. The first-order chi connectivity index (χ1) is 6.24. The van der Waals surface area contributed by atoms with E-state index in [-0.39, 0.29) is 6.04 Å². The van der Waals surface area contributed by atoms with Gasteiger partial charge in [0.25, 0.3) is 0 Å². The highest BCUT2D eigenvalue weighted by Crippen LogP contribution is 2.04. The maximum atomic E-state index is 8.73. The first-order valence-corrected chi connectivity index (χ1v) is 5.40. The minimum absolute atomic E-state index is 0.0385. The van der Waals surface area contributed by atoms with E-state index >= 15 is 0 Å². The van der Waals surface area contributed by atoms with Crippen LogP contribution in [0.4, 0.5) is 0 Å². The van der Waals surface area contributed by atoms with Crippen LogP contribution in [0.25, 0.3) is 0 Å². The van der Waals surface area contributed by atoms with Crippen LogP contribution >= 0.6 is 0 Å². The molecule has 0 aromatic heterocycles. The molecule has 0 heterocycles. The molecular formula is C11H22N2. The molecule has 0 aromatic carbocycles. The van der Waals surface area contributed by atoms with Gasteiger partial charge >= 0.3 is 0 Å². The largest absolute Gasteiger partial charge is 0.299 e. The molecule has 0 aliphatic carbocycles. The summed E-state index contributed by atoms with van der Waals surface area (Å²) in [4.78, 5) is 0. The lowest BCUT2D eigenvalue weighted by molar-refractivity contribution is 0.451. The van der Waals surface area contributed by atoms with Crippen molar-refractivity contribution in [2.75, 3.05) is 0 Å². The molecule has 0 aliphatic rings. The zero-order chi connectivity index (χ0) is 10.1. The van der Waals surface area contributed by atoms with Crippen molar-refractivity contribution in [1.29, 1.82) is 5.26 Å². The van der Waals surface area contributed by atoms with E-state index in [0.29, 0.717) is 6.04 Å². The molecule has 0 rings (SSSR count). The quantitative estimate of drug-likeness (QED) is 0.614. The summed E-state index contributed by atoms with van der Waals surface area (Å²) in [6, 6.07) is 2.78. The molecule has 0 amide bonds. The fourth-order valence-electron chi connectivity index (χ4n) is 1.37. The van der Waals surface area contributed by atoms with Crippen LogP contribution in [-0.4, -0.2) is 12.1 Å². The van der Waals surface area contributed by atoms with Crippen LogP contribution in [0.5, 0.6) is 0 Å². The summed E-state index contributed by atoms with van der Waals surface area (Å²) >= 11 is 0. The predicted molar refractivity (Wildman–Crippen MR) is 56.4 cm³/mol. The molecule has 76 valence electrons. The summed E-state index contributed by atoms with van der Waals surface area (Å²) in [6.07, 6.45) is 5.92. The zero-order valence-corrected chi connectivity index (χ0v) is 9.14. The van der Waals surface area contributed by atoms with Crippen LogP contribution in [0.3, 0.4) is 0 Å². The van der Waals surface area contributed by atoms with Gasteiger partial charge in [0.15, 0.2) is 0 Å². The summed E-state index contributed by atoms with van der Waals surface area (Å²) in [5.41, 5.74) is 0. The molecule has 0 radical (unpaired) electrons. The number of nitriles is 1. The Morgan fingerprint density at radius 2 is 2.00 bits per heavy atom. The molecule has 2 atom stereocenters. The van der Waals surface area contributed by atoms with E-state index in [1.165, 1.54) is 25.7 Å². The molecule has 0 bridgehead atoms. The third-order valence-electron chi connectivity index (χ3n) is 2.29. The van der Waals surface area contributed by atoms with Gasteiger partial charge in [0.2, 0.25) is 0 Å². The minimum atomic E-state index is 0.0385. The van der Waals surface area contributed by atoms with E-state index in [1.54, 1.807) is 0 Å². The molecular weight excluding hydrogens is 160 g/mol. The highest BCUT2D eigenvalue weighted by atomic mass is 14.9. The fraction of sp³-hybridized carbons (Fsp3) is 0.909. The van der Waals surface area contributed by atoms with Crippen molar-refractivity contribution >= 4 is 0 Å². The first-order valence-electron chi connectivity index (χ1n) is 5.40. The van der Waals surface area contributed by atoms with Gasteiger partial charge in [-0.1, -0.05) is 33.1 Å². The molecule has 13 heavy (non-hydrogen) atoms. The third kappa shape index (κ3) is 6.60. The molecule has 0 saturated heterocycles. The van der Waals surface area contributed by atoms with E-state index in [1.807, 2.05) is 6.92 Å². The highest BCUT2D eigenvalue weighted by molar-refractivity contribution is 4.89. The highest BCUT2D eigenvalue weighted by Gasteiger charge is 2.07. The number of unbranched alkanes of at least 4 members (excludes halogenated alkanes) is 2. The van der Waals surface area contributed by atoms with Gasteiger partial charge in [-0.3, -0.25) is 5.32 Å². The van der Waals surface area contributed by atoms with Crippen molar-refractivity contribution < 1.29 is 0 Å². The van der Waals surface area contributed by atoms with Crippen LogP contribution in [0, 0.1) is 11.3 Å².